The van der Waals surface area contributed by atoms with Gasteiger partial charge in [0.25, 0.3) is 0 Å². The van der Waals surface area contributed by atoms with Crippen molar-refractivity contribution in [3.05, 3.63) is 24.0 Å². The van der Waals surface area contributed by atoms with Gasteiger partial charge in [-0.2, -0.15) is 0 Å². The van der Waals surface area contributed by atoms with Gasteiger partial charge < -0.3 is 10.0 Å². The van der Waals surface area contributed by atoms with E-state index >= 15 is 0 Å². The number of hydrogen-bond acceptors (Lipinski definition) is 3. The van der Waals surface area contributed by atoms with Crippen LogP contribution in [0.15, 0.2) is 18.5 Å². The van der Waals surface area contributed by atoms with Gasteiger partial charge in [0.05, 0.1) is 17.4 Å². The summed E-state index contributed by atoms with van der Waals surface area (Å²) in [5.74, 6) is 0.372. The van der Waals surface area contributed by atoms with Gasteiger partial charge in [0.2, 0.25) is 0 Å². The highest BCUT2D eigenvalue weighted by Crippen LogP contribution is 2.26. The van der Waals surface area contributed by atoms with Crippen LogP contribution in [0.2, 0.25) is 0 Å². The summed E-state index contributed by atoms with van der Waals surface area (Å²) in [6.07, 6.45) is 4.38. The number of rotatable bonds is 2. The molecule has 2 rings (SSSR count). The summed E-state index contributed by atoms with van der Waals surface area (Å²) in [7, 11) is 0. The lowest BCUT2D eigenvalue weighted by atomic mass is 9.91. The molecular formula is C13H18N2O2. The molecule has 1 aliphatic heterocycles. The van der Waals surface area contributed by atoms with Crippen molar-refractivity contribution in [3.8, 4) is 0 Å². The molecule has 17 heavy (non-hydrogen) atoms. The largest absolute Gasteiger partial charge is 0.478 e. The van der Waals surface area contributed by atoms with Gasteiger partial charge in [-0.1, -0.05) is 13.8 Å². The Morgan fingerprint density at radius 3 is 2.59 bits per heavy atom. The molecule has 0 amide bonds. The molecule has 0 saturated carbocycles. The summed E-state index contributed by atoms with van der Waals surface area (Å²) in [5.41, 5.74) is 1.18. The maximum absolute atomic E-state index is 10.9. The lowest BCUT2D eigenvalue weighted by Crippen LogP contribution is -2.38. The first-order valence-corrected chi connectivity index (χ1v) is 5.99. The Morgan fingerprint density at radius 2 is 2.00 bits per heavy atom. The number of carboxylic acid groups (broad SMARTS) is 1. The lowest BCUT2D eigenvalue weighted by molar-refractivity contribution is 0.0696. The second-order valence-corrected chi connectivity index (χ2v) is 5.09. The highest BCUT2D eigenvalue weighted by atomic mass is 16.4. The van der Waals surface area contributed by atoms with E-state index in [1.54, 1.807) is 12.3 Å². The van der Waals surface area contributed by atoms with E-state index in [1.807, 2.05) is 0 Å². The zero-order chi connectivity index (χ0) is 12.4. The normalized spacial score (nSPS) is 24.7. The molecule has 0 aliphatic carbocycles. The summed E-state index contributed by atoms with van der Waals surface area (Å²) < 4.78 is 0. The van der Waals surface area contributed by atoms with Crippen molar-refractivity contribution in [3.63, 3.8) is 0 Å². The molecule has 0 bridgehead atoms. The predicted molar refractivity (Wildman–Crippen MR) is 66.4 cm³/mol. The average Bonchev–Trinajstić information content (AvgIpc) is 2.28. The number of pyridine rings is 1. The van der Waals surface area contributed by atoms with E-state index in [0.717, 1.165) is 18.8 Å². The topological polar surface area (TPSA) is 53.4 Å². The van der Waals surface area contributed by atoms with Gasteiger partial charge >= 0.3 is 5.97 Å². The van der Waals surface area contributed by atoms with Crippen molar-refractivity contribution in [2.24, 2.45) is 11.8 Å². The first-order chi connectivity index (χ1) is 8.06. The number of hydrogen-bond donors (Lipinski definition) is 1. The fourth-order valence-corrected chi connectivity index (χ4v) is 2.59. The predicted octanol–water partition coefficient (Wildman–Crippen LogP) is 2.26. The molecule has 92 valence electrons. The van der Waals surface area contributed by atoms with Crippen LogP contribution in [0.5, 0.6) is 0 Å². The molecule has 2 atom stereocenters. The van der Waals surface area contributed by atoms with Crippen LogP contribution in [0.3, 0.4) is 0 Å². The maximum Gasteiger partial charge on any atom is 0.337 e. The van der Waals surface area contributed by atoms with Crippen LogP contribution < -0.4 is 4.90 Å². The minimum absolute atomic E-state index is 0.258. The third-order valence-corrected chi connectivity index (χ3v) is 3.20. The van der Waals surface area contributed by atoms with Gasteiger partial charge in [0, 0.05) is 19.3 Å². The van der Waals surface area contributed by atoms with Gasteiger partial charge in [0.15, 0.2) is 0 Å². The van der Waals surface area contributed by atoms with Crippen molar-refractivity contribution in [2.45, 2.75) is 20.3 Å². The van der Waals surface area contributed by atoms with Crippen molar-refractivity contribution in [2.75, 3.05) is 18.0 Å². The number of anilines is 1. The van der Waals surface area contributed by atoms with Crippen LogP contribution in [0.1, 0.15) is 30.6 Å². The summed E-state index contributed by atoms with van der Waals surface area (Å²) in [4.78, 5) is 17.1. The van der Waals surface area contributed by atoms with E-state index in [1.165, 1.54) is 12.6 Å². The molecule has 1 saturated heterocycles. The van der Waals surface area contributed by atoms with E-state index in [4.69, 9.17) is 5.11 Å². The first kappa shape index (κ1) is 11.9. The number of carboxylic acids is 1. The number of carbonyl (C=O) groups is 1. The Hall–Kier alpha value is -1.58. The third kappa shape index (κ3) is 2.75. The smallest absolute Gasteiger partial charge is 0.337 e. The number of aromatic carboxylic acids is 1. The molecule has 4 nitrogen and oxygen atoms in total. The van der Waals surface area contributed by atoms with E-state index in [9.17, 15) is 4.79 Å². The summed E-state index contributed by atoms with van der Waals surface area (Å²) in [6.45, 7) is 6.43. The van der Waals surface area contributed by atoms with Crippen LogP contribution >= 0.6 is 0 Å². The number of aromatic nitrogens is 1. The molecule has 1 aliphatic rings. The van der Waals surface area contributed by atoms with E-state index in [2.05, 4.69) is 23.7 Å². The molecule has 1 fully saturated rings. The van der Waals surface area contributed by atoms with E-state index in [-0.39, 0.29) is 5.56 Å². The summed E-state index contributed by atoms with van der Waals surface area (Å²) in [5, 5.41) is 8.95. The molecule has 4 heteroatoms. The van der Waals surface area contributed by atoms with Gasteiger partial charge in [0.1, 0.15) is 0 Å². The SMILES string of the molecule is C[C@@H]1C[C@H](C)CN(c2cncc(C(=O)O)c2)C1. The Kier molecular flexibility index (Phi) is 3.31. The number of piperidine rings is 1. The van der Waals surface area contributed by atoms with Gasteiger partial charge in [-0.05, 0) is 24.3 Å². The van der Waals surface area contributed by atoms with Crippen LogP contribution in [0.25, 0.3) is 0 Å². The van der Waals surface area contributed by atoms with Crippen molar-refractivity contribution in [1.82, 2.24) is 4.98 Å². The minimum atomic E-state index is -0.919. The van der Waals surface area contributed by atoms with E-state index in [0.29, 0.717) is 11.8 Å². The zero-order valence-electron chi connectivity index (χ0n) is 10.3. The third-order valence-electron chi connectivity index (χ3n) is 3.20. The molecular weight excluding hydrogens is 216 g/mol. The first-order valence-electron chi connectivity index (χ1n) is 5.99. The second kappa shape index (κ2) is 4.73. The monoisotopic (exact) mass is 234 g/mol. The average molecular weight is 234 g/mol. The van der Waals surface area contributed by atoms with E-state index < -0.39 is 5.97 Å². The van der Waals surface area contributed by atoms with Crippen molar-refractivity contribution < 1.29 is 9.90 Å². The highest BCUT2D eigenvalue weighted by molar-refractivity contribution is 5.88. The molecule has 0 aromatic carbocycles. The van der Waals surface area contributed by atoms with Crippen LogP contribution in [-0.4, -0.2) is 29.1 Å². The lowest BCUT2D eigenvalue weighted by Gasteiger charge is -2.36. The van der Waals surface area contributed by atoms with Crippen molar-refractivity contribution >= 4 is 11.7 Å². The molecule has 1 aromatic heterocycles. The summed E-state index contributed by atoms with van der Waals surface area (Å²) >= 11 is 0. The molecule has 0 spiro atoms. The second-order valence-electron chi connectivity index (χ2n) is 5.09. The Labute approximate surface area is 101 Å². The number of nitrogens with zero attached hydrogens (tertiary/aromatic N) is 2. The molecule has 0 radical (unpaired) electrons. The maximum atomic E-state index is 10.9. The Bertz CT molecular complexity index is 410. The fraction of sp³-hybridized carbons (Fsp3) is 0.538. The molecule has 0 unspecified atom stereocenters. The zero-order valence-corrected chi connectivity index (χ0v) is 10.3. The van der Waals surface area contributed by atoms with Crippen LogP contribution in [0.4, 0.5) is 5.69 Å². The van der Waals surface area contributed by atoms with Crippen LogP contribution in [0, 0.1) is 11.8 Å². The Morgan fingerprint density at radius 1 is 1.35 bits per heavy atom. The fourth-order valence-electron chi connectivity index (χ4n) is 2.59. The van der Waals surface area contributed by atoms with Gasteiger partial charge in [-0.15, -0.1) is 0 Å². The molecule has 1 N–H and O–H groups in total. The van der Waals surface area contributed by atoms with Crippen LogP contribution in [-0.2, 0) is 0 Å². The summed E-state index contributed by atoms with van der Waals surface area (Å²) in [6, 6.07) is 1.71. The molecule has 2 heterocycles. The van der Waals surface area contributed by atoms with Gasteiger partial charge in [-0.25, -0.2) is 4.79 Å². The van der Waals surface area contributed by atoms with Crippen molar-refractivity contribution in [1.29, 1.82) is 0 Å². The highest BCUT2D eigenvalue weighted by Gasteiger charge is 2.22. The standard InChI is InChI=1S/C13H18N2O2/c1-9-3-10(2)8-15(7-9)12-4-11(13(16)17)5-14-6-12/h4-6,9-10H,3,7-8H2,1-2H3,(H,16,17)/t9-,10+. The quantitative estimate of drug-likeness (QED) is 0.852. The minimum Gasteiger partial charge on any atom is -0.478 e. The van der Waals surface area contributed by atoms with Gasteiger partial charge in [-0.3, -0.25) is 4.98 Å². The molecule has 1 aromatic rings. The Balaban J connectivity index is 2.21.